The second-order valence-electron chi connectivity index (χ2n) is 8.07. The Morgan fingerprint density at radius 1 is 0.696 bits per heavy atom. The van der Waals surface area contributed by atoms with Crippen molar-refractivity contribution >= 4 is 28.3 Å². The summed E-state index contributed by atoms with van der Waals surface area (Å²) in [6.45, 7) is 9.55. The summed E-state index contributed by atoms with van der Waals surface area (Å²) in [7, 11) is 0. The summed E-state index contributed by atoms with van der Waals surface area (Å²) in [5.74, 6) is 0. The van der Waals surface area contributed by atoms with Gasteiger partial charge in [0.25, 0.3) is 0 Å². The van der Waals surface area contributed by atoms with Gasteiger partial charge in [-0.15, -0.1) is 0 Å². The van der Waals surface area contributed by atoms with Gasteiger partial charge in [0.05, 0.1) is 0 Å². The zero-order chi connectivity index (χ0) is 17.5. The molecule has 0 fully saturated rings. The highest BCUT2D eigenvalue weighted by Crippen LogP contribution is 2.52. The highest BCUT2D eigenvalue weighted by molar-refractivity contribution is 8.00. The van der Waals surface area contributed by atoms with Gasteiger partial charge < -0.3 is 0 Å². The minimum atomic E-state index is -3.19. The van der Waals surface area contributed by atoms with E-state index in [9.17, 15) is 4.57 Å². The molecule has 0 aliphatic rings. The number of hydrogen-bond acceptors (Lipinski definition) is 1. The Morgan fingerprint density at radius 3 is 1.30 bits per heavy atom. The Morgan fingerprint density at radius 2 is 1.00 bits per heavy atom. The molecule has 0 aliphatic carbocycles. The van der Waals surface area contributed by atoms with Crippen LogP contribution in [0.2, 0.25) is 0 Å². The summed E-state index contributed by atoms with van der Waals surface area (Å²) in [6.07, 6.45) is 0. The first-order valence-corrected chi connectivity index (χ1v) is 10.6. The molecule has 0 aliphatic heterocycles. The third-order valence-electron chi connectivity index (χ3n) is 4.04. The molecular weight excluding hydrogens is 323 g/mol. The SMILES string of the molecule is CC(C)(C)c1ccccc1P(=O)(Cl)c1ccccc1C(C)(C)C. The quantitative estimate of drug-likeness (QED) is 0.631. The average molecular weight is 349 g/mol. The molecule has 23 heavy (non-hydrogen) atoms. The van der Waals surface area contributed by atoms with Crippen molar-refractivity contribution in [2.45, 2.75) is 52.4 Å². The first-order chi connectivity index (χ1) is 10.5. The molecule has 3 heteroatoms. The maximum Gasteiger partial charge on any atom is 0.226 e. The van der Waals surface area contributed by atoms with E-state index in [0.29, 0.717) is 0 Å². The summed E-state index contributed by atoms with van der Waals surface area (Å²) in [4.78, 5) is 0. The number of hydrogen-bond donors (Lipinski definition) is 0. The lowest BCUT2D eigenvalue weighted by atomic mass is 9.87. The molecule has 0 spiro atoms. The molecule has 0 unspecified atom stereocenters. The summed E-state index contributed by atoms with van der Waals surface area (Å²) < 4.78 is 13.7. The monoisotopic (exact) mass is 348 g/mol. The van der Waals surface area contributed by atoms with Gasteiger partial charge in [-0.3, -0.25) is 4.57 Å². The molecule has 0 atom stereocenters. The van der Waals surface area contributed by atoms with Crippen LogP contribution in [0.3, 0.4) is 0 Å². The molecule has 0 bridgehead atoms. The van der Waals surface area contributed by atoms with Gasteiger partial charge in [0.1, 0.15) is 0 Å². The highest BCUT2D eigenvalue weighted by atomic mass is 35.7. The fourth-order valence-electron chi connectivity index (χ4n) is 2.85. The lowest BCUT2D eigenvalue weighted by Gasteiger charge is -2.28. The van der Waals surface area contributed by atoms with Crippen molar-refractivity contribution in [1.29, 1.82) is 0 Å². The lowest BCUT2D eigenvalue weighted by Crippen LogP contribution is -2.28. The van der Waals surface area contributed by atoms with Crippen molar-refractivity contribution in [2.75, 3.05) is 0 Å². The Kier molecular flexibility index (Phi) is 4.86. The van der Waals surface area contributed by atoms with Gasteiger partial charge in [-0.25, -0.2) is 0 Å². The molecule has 1 nitrogen and oxygen atoms in total. The zero-order valence-corrected chi connectivity index (χ0v) is 16.5. The van der Waals surface area contributed by atoms with E-state index in [0.717, 1.165) is 21.7 Å². The fraction of sp³-hybridized carbons (Fsp3) is 0.400. The van der Waals surface area contributed by atoms with Gasteiger partial charge in [0.2, 0.25) is 6.49 Å². The van der Waals surface area contributed by atoms with Crippen LogP contribution in [0.15, 0.2) is 48.5 Å². The fourth-order valence-corrected chi connectivity index (χ4v) is 5.99. The van der Waals surface area contributed by atoms with Crippen LogP contribution < -0.4 is 10.6 Å². The van der Waals surface area contributed by atoms with Gasteiger partial charge in [0.15, 0.2) is 0 Å². The third kappa shape index (κ3) is 3.73. The van der Waals surface area contributed by atoms with E-state index in [1.165, 1.54) is 0 Å². The summed E-state index contributed by atoms with van der Waals surface area (Å²) in [6, 6.07) is 15.7. The van der Waals surface area contributed by atoms with Crippen LogP contribution in [-0.2, 0) is 15.4 Å². The van der Waals surface area contributed by atoms with Crippen molar-refractivity contribution < 1.29 is 4.57 Å². The van der Waals surface area contributed by atoms with Crippen LogP contribution in [-0.4, -0.2) is 0 Å². The Bertz CT molecular complexity index is 689. The maximum absolute atomic E-state index is 13.7. The van der Waals surface area contributed by atoms with Crippen LogP contribution in [0.1, 0.15) is 52.7 Å². The van der Waals surface area contributed by atoms with Crippen LogP contribution in [0.4, 0.5) is 0 Å². The largest absolute Gasteiger partial charge is 0.296 e. The molecule has 0 N–H and O–H groups in total. The van der Waals surface area contributed by atoms with Crippen LogP contribution in [0.25, 0.3) is 0 Å². The zero-order valence-electron chi connectivity index (χ0n) is 14.9. The third-order valence-corrected chi connectivity index (χ3v) is 7.16. The first-order valence-electron chi connectivity index (χ1n) is 7.95. The second kappa shape index (κ2) is 6.11. The summed E-state index contributed by atoms with van der Waals surface area (Å²) in [5.41, 5.74) is 1.86. The van der Waals surface area contributed by atoms with Crippen LogP contribution >= 0.6 is 17.7 Å². The molecule has 2 aromatic carbocycles. The van der Waals surface area contributed by atoms with E-state index in [4.69, 9.17) is 11.2 Å². The van der Waals surface area contributed by atoms with Crippen LogP contribution in [0, 0.1) is 0 Å². The predicted molar refractivity (Wildman–Crippen MR) is 103 cm³/mol. The topological polar surface area (TPSA) is 17.1 Å². The van der Waals surface area contributed by atoms with Gasteiger partial charge in [-0.1, -0.05) is 77.9 Å². The van der Waals surface area contributed by atoms with Gasteiger partial charge >= 0.3 is 0 Å². The second-order valence-corrected chi connectivity index (χ2v) is 11.5. The Labute approximate surface area is 145 Å². The molecule has 0 heterocycles. The molecule has 2 rings (SSSR count). The minimum Gasteiger partial charge on any atom is -0.296 e. The van der Waals surface area contributed by atoms with Crippen molar-refractivity contribution in [2.24, 2.45) is 0 Å². The Hall–Kier alpha value is -1.04. The van der Waals surface area contributed by atoms with Gasteiger partial charge in [-0.2, -0.15) is 0 Å². The molecule has 0 amide bonds. The summed E-state index contributed by atoms with van der Waals surface area (Å²) in [5, 5.41) is 1.51. The van der Waals surface area contributed by atoms with E-state index in [1.807, 2.05) is 48.5 Å². The molecule has 0 saturated heterocycles. The van der Waals surface area contributed by atoms with Crippen LogP contribution in [0.5, 0.6) is 0 Å². The van der Waals surface area contributed by atoms with Crippen molar-refractivity contribution in [3.05, 3.63) is 59.7 Å². The molecule has 0 saturated carbocycles. The normalized spacial score (nSPS) is 13.2. The smallest absolute Gasteiger partial charge is 0.226 e. The van der Waals surface area contributed by atoms with Crippen molar-refractivity contribution in [3.63, 3.8) is 0 Å². The molecule has 0 aromatic heterocycles. The minimum absolute atomic E-state index is 0.113. The van der Waals surface area contributed by atoms with E-state index < -0.39 is 6.49 Å². The van der Waals surface area contributed by atoms with Crippen molar-refractivity contribution in [3.8, 4) is 0 Å². The standard InChI is InChI=1S/C20H26ClOP/c1-19(2,3)15-11-7-9-13-17(15)23(21,22)18-14-10-8-12-16(18)20(4,5)6/h7-14H,1-6H3. The van der Waals surface area contributed by atoms with Gasteiger partial charge in [-0.05, 0) is 45.3 Å². The summed E-state index contributed by atoms with van der Waals surface area (Å²) >= 11 is 6.76. The number of rotatable bonds is 2. The average Bonchev–Trinajstić information content (AvgIpc) is 2.45. The lowest BCUT2D eigenvalue weighted by molar-refractivity contribution is 0.580. The molecular formula is C20H26ClOP. The molecule has 124 valence electrons. The van der Waals surface area contributed by atoms with Gasteiger partial charge in [0, 0.05) is 10.6 Å². The maximum atomic E-state index is 13.7. The predicted octanol–water partition coefficient (Wildman–Crippen LogP) is 5.75. The van der Waals surface area contributed by atoms with E-state index in [-0.39, 0.29) is 10.8 Å². The van der Waals surface area contributed by atoms with E-state index >= 15 is 0 Å². The molecule has 0 radical (unpaired) electrons. The first kappa shape index (κ1) is 18.3. The number of benzene rings is 2. The van der Waals surface area contributed by atoms with E-state index in [1.54, 1.807) is 0 Å². The number of halogens is 1. The van der Waals surface area contributed by atoms with E-state index in [2.05, 4.69) is 41.5 Å². The highest BCUT2D eigenvalue weighted by Gasteiger charge is 2.34. The van der Waals surface area contributed by atoms with Crippen molar-refractivity contribution in [1.82, 2.24) is 0 Å². The molecule has 2 aromatic rings. The Balaban J connectivity index is 2.74.